The maximum Gasteiger partial charge on any atom is 0.241 e. The summed E-state index contributed by atoms with van der Waals surface area (Å²) >= 11 is 6.17. The zero-order valence-corrected chi connectivity index (χ0v) is 13.6. The summed E-state index contributed by atoms with van der Waals surface area (Å²) in [7, 11) is -2.50. The second-order valence-corrected chi connectivity index (χ2v) is 6.70. The number of hydrogen-bond donors (Lipinski definition) is 1. The van der Waals surface area contributed by atoms with E-state index in [0.29, 0.717) is 21.5 Å². The van der Waals surface area contributed by atoms with Crippen LogP contribution in [0.4, 0.5) is 0 Å². The molecule has 0 spiro atoms. The normalized spacial score (nSPS) is 12.8. The number of nitrogens with one attached hydrogen (secondary N) is 1. The van der Waals surface area contributed by atoms with Gasteiger partial charge in [-0.3, -0.25) is 9.59 Å². The number of fused-ring (bicyclic) bond motifs is 1. The molecule has 0 aliphatic heterocycles. The van der Waals surface area contributed by atoms with E-state index in [9.17, 15) is 18.0 Å². The smallest absolute Gasteiger partial charge is 0.241 e. The number of carbonyl (C=O) groups excluding carboxylic acids is 2. The molecule has 0 amide bonds. The summed E-state index contributed by atoms with van der Waals surface area (Å²) in [5.74, 6) is 0.477. The van der Waals surface area contributed by atoms with Crippen LogP contribution in [0.25, 0.3) is 10.8 Å². The average molecular weight is 354 g/mol. The Balaban J connectivity index is 2.44. The number of ether oxygens (including phenoxy) is 1. The summed E-state index contributed by atoms with van der Waals surface area (Å²) in [5, 5.41) is 1.59. The molecular weight excluding hydrogens is 342 g/mol. The molecule has 0 saturated heterocycles. The maximum absolute atomic E-state index is 12.3. The number of halogens is 1. The molecule has 0 unspecified atom stereocenters. The zero-order chi connectivity index (χ0) is 17.0. The molecule has 2 aromatic rings. The van der Waals surface area contributed by atoms with Crippen molar-refractivity contribution < 1.29 is 22.7 Å². The first-order valence-corrected chi connectivity index (χ1v) is 8.30. The second-order valence-electron chi connectivity index (χ2n) is 4.60. The summed E-state index contributed by atoms with van der Waals surface area (Å²) in [6.45, 7) is 0. The highest BCUT2D eigenvalue weighted by Gasteiger charge is 2.21. The van der Waals surface area contributed by atoms with Crippen LogP contribution in [0.1, 0.15) is 6.42 Å². The molecule has 0 aliphatic carbocycles. The SMILES string of the molecule is COc1ccc2cc(S(=O)(=O)N[C@H]([C]=O)C[C]=O)ccc2c1Cl. The van der Waals surface area contributed by atoms with Gasteiger partial charge < -0.3 is 4.74 Å². The summed E-state index contributed by atoms with van der Waals surface area (Å²) in [5.41, 5.74) is 0. The fourth-order valence-corrected chi connectivity index (χ4v) is 3.50. The van der Waals surface area contributed by atoms with E-state index in [-0.39, 0.29) is 4.90 Å². The van der Waals surface area contributed by atoms with Crippen LogP contribution >= 0.6 is 11.6 Å². The largest absolute Gasteiger partial charge is 0.495 e. The number of hydrogen-bond acceptors (Lipinski definition) is 5. The molecule has 0 aromatic heterocycles. The van der Waals surface area contributed by atoms with Gasteiger partial charge in [-0.05, 0) is 23.6 Å². The molecule has 2 aromatic carbocycles. The van der Waals surface area contributed by atoms with Gasteiger partial charge in [0.15, 0.2) is 0 Å². The summed E-state index contributed by atoms with van der Waals surface area (Å²) in [6.07, 6.45) is 2.52. The first-order chi connectivity index (χ1) is 10.9. The van der Waals surface area contributed by atoms with Gasteiger partial charge in [-0.1, -0.05) is 23.7 Å². The first-order valence-electron chi connectivity index (χ1n) is 6.44. The Labute approximate surface area is 138 Å². The molecular formula is C15H12ClNO5S. The fraction of sp³-hybridized carbons (Fsp3) is 0.200. The number of methoxy groups -OCH3 is 1. The molecule has 1 atom stereocenters. The minimum absolute atomic E-state index is 0.0580. The van der Waals surface area contributed by atoms with E-state index >= 15 is 0 Å². The van der Waals surface area contributed by atoms with Crippen LogP contribution in [-0.2, 0) is 19.6 Å². The standard InChI is InChI=1S/C15H12ClNO5S/c1-22-14-5-2-10-8-12(3-4-13(10)15(14)16)23(20,21)17-11(9-19)6-7-18/h2-5,8,11,17H,6H2,1H3/t11-/m0/s1. The van der Waals surface area contributed by atoms with E-state index in [4.69, 9.17) is 16.3 Å². The lowest BCUT2D eigenvalue weighted by Gasteiger charge is -2.11. The van der Waals surface area contributed by atoms with Crippen LogP contribution in [0.2, 0.25) is 5.02 Å². The molecule has 2 radical (unpaired) electrons. The minimum atomic E-state index is -3.98. The van der Waals surface area contributed by atoms with E-state index in [1.54, 1.807) is 18.2 Å². The molecule has 23 heavy (non-hydrogen) atoms. The van der Waals surface area contributed by atoms with E-state index in [1.165, 1.54) is 31.8 Å². The Morgan fingerprint density at radius 1 is 1.26 bits per heavy atom. The lowest BCUT2D eigenvalue weighted by Crippen LogP contribution is -2.36. The Bertz CT molecular complexity index is 850. The number of rotatable bonds is 7. The monoisotopic (exact) mass is 353 g/mol. The van der Waals surface area contributed by atoms with E-state index < -0.39 is 22.5 Å². The fourth-order valence-electron chi connectivity index (χ4n) is 2.02. The highest BCUT2D eigenvalue weighted by Crippen LogP contribution is 2.33. The van der Waals surface area contributed by atoms with Crippen LogP contribution in [-0.4, -0.2) is 34.1 Å². The maximum atomic E-state index is 12.3. The Morgan fingerprint density at radius 2 is 2.00 bits per heavy atom. The summed E-state index contributed by atoms with van der Waals surface area (Å²) in [4.78, 5) is 20.9. The highest BCUT2D eigenvalue weighted by atomic mass is 35.5. The van der Waals surface area contributed by atoms with E-state index in [1.807, 2.05) is 0 Å². The van der Waals surface area contributed by atoms with Crippen LogP contribution in [0.15, 0.2) is 35.2 Å². The van der Waals surface area contributed by atoms with Gasteiger partial charge >= 0.3 is 0 Å². The van der Waals surface area contributed by atoms with Crippen LogP contribution in [0.3, 0.4) is 0 Å². The second kappa shape index (κ2) is 7.08. The average Bonchev–Trinajstić information content (AvgIpc) is 2.54. The van der Waals surface area contributed by atoms with Crippen molar-refractivity contribution >= 4 is 45.0 Å². The van der Waals surface area contributed by atoms with Crippen molar-refractivity contribution in [2.75, 3.05) is 7.11 Å². The van der Waals surface area contributed by atoms with Gasteiger partial charge in [0.2, 0.25) is 22.6 Å². The molecule has 0 fully saturated rings. The predicted molar refractivity (Wildman–Crippen MR) is 85.6 cm³/mol. The van der Waals surface area contributed by atoms with Gasteiger partial charge in [0, 0.05) is 11.8 Å². The molecule has 0 heterocycles. The van der Waals surface area contributed by atoms with Crippen molar-refractivity contribution in [2.24, 2.45) is 0 Å². The molecule has 0 bridgehead atoms. The number of sulfonamides is 1. The van der Waals surface area contributed by atoms with Crippen molar-refractivity contribution in [3.63, 3.8) is 0 Å². The molecule has 1 N–H and O–H groups in total. The van der Waals surface area contributed by atoms with Crippen LogP contribution in [0, 0.1) is 0 Å². The van der Waals surface area contributed by atoms with Gasteiger partial charge in [-0.2, -0.15) is 4.72 Å². The molecule has 0 saturated carbocycles. The van der Waals surface area contributed by atoms with Crippen LogP contribution in [0.5, 0.6) is 5.75 Å². The summed E-state index contributed by atoms with van der Waals surface area (Å²) < 4.78 is 31.7. The molecule has 120 valence electrons. The minimum Gasteiger partial charge on any atom is -0.495 e. The first kappa shape index (κ1) is 17.4. The lowest BCUT2D eigenvalue weighted by molar-refractivity contribution is 0.415. The van der Waals surface area contributed by atoms with Gasteiger partial charge in [-0.25, -0.2) is 8.42 Å². The topological polar surface area (TPSA) is 89.5 Å². The highest BCUT2D eigenvalue weighted by molar-refractivity contribution is 7.89. The van der Waals surface area contributed by atoms with E-state index in [0.717, 1.165) is 0 Å². The molecule has 8 heteroatoms. The number of benzene rings is 2. The molecule has 0 aliphatic rings. The van der Waals surface area contributed by atoms with Crippen molar-refractivity contribution in [2.45, 2.75) is 17.4 Å². The lowest BCUT2D eigenvalue weighted by atomic mass is 10.1. The Hall–Kier alpha value is -1.96. The zero-order valence-electron chi connectivity index (χ0n) is 12.0. The third kappa shape index (κ3) is 3.69. The molecule has 2 rings (SSSR count). The van der Waals surface area contributed by atoms with Gasteiger partial charge in [0.05, 0.1) is 23.1 Å². The van der Waals surface area contributed by atoms with Gasteiger partial charge in [0.25, 0.3) is 0 Å². The third-order valence-corrected chi connectivity index (χ3v) is 5.01. The van der Waals surface area contributed by atoms with Gasteiger partial charge in [-0.15, -0.1) is 0 Å². The quantitative estimate of drug-likeness (QED) is 0.819. The third-order valence-electron chi connectivity index (χ3n) is 3.15. The van der Waals surface area contributed by atoms with Crippen molar-refractivity contribution in [3.8, 4) is 5.75 Å². The van der Waals surface area contributed by atoms with Crippen molar-refractivity contribution in [1.29, 1.82) is 0 Å². The van der Waals surface area contributed by atoms with Crippen LogP contribution < -0.4 is 9.46 Å². The van der Waals surface area contributed by atoms with Gasteiger partial charge in [0.1, 0.15) is 5.75 Å². The van der Waals surface area contributed by atoms with Crippen molar-refractivity contribution in [3.05, 3.63) is 35.4 Å². The Morgan fingerprint density at radius 3 is 2.61 bits per heavy atom. The van der Waals surface area contributed by atoms with E-state index in [2.05, 4.69) is 4.72 Å². The summed E-state index contributed by atoms with van der Waals surface area (Å²) in [6, 6.07) is 6.32. The predicted octanol–water partition coefficient (Wildman–Crippen LogP) is 1.76. The van der Waals surface area contributed by atoms with Crippen molar-refractivity contribution in [1.82, 2.24) is 4.72 Å². The molecule has 6 nitrogen and oxygen atoms in total. The Kier molecular flexibility index (Phi) is 5.35.